The van der Waals surface area contributed by atoms with Crippen molar-refractivity contribution >= 4 is 32.8 Å². The largest absolute Gasteiger partial charge is 0.479 e. The van der Waals surface area contributed by atoms with E-state index in [2.05, 4.69) is 20.3 Å². The zero-order valence-corrected chi connectivity index (χ0v) is 12.4. The molecule has 1 aliphatic rings. The number of fused-ring (bicyclic) bond motifs is 1. The van der Waals surface area contributed by atoms with Crippen LogP contribution in [0.4, 0.5) is 9.93 Å². The molecule has 0 spiro atoms. The average molecular weight is 308 g/mol. The van der Waals surface area contributed by atoms with Crippen LogP contribution in [0, 0.1) is 0 Å². The number of urea groups is 1. The second-order valence-electron chi connectivity index (χ2n) is 4.81. The first-order valence-corrected chi connectivity index (χ1v) is 7.46. The highest BCUT2D eigenvalue weighted by Crippen LogP contribution is 2.29. The topological polar surface area (TPSA) is 106 Å². The highest BCUT2D eigenvalue weighted by atomic mass is 32.1. The van der Waals surface area contributed by atoms with Gasteiger partial charge in [0, 0.05) is 19.1 Å². The van der Waals surface area contributed by atoms with E-state index < -0.39 is 0 Å². The predicted molar refractivity (Wildman–Crippen MR) is 79.6 cm³/mol. The van der Waals surface area contributed by atoms with Gasteiger partial charge >= 0.3 is 6.03 Å². The van der Waals surface area contributed by atoms with E-state index in [1.165, 1.54) is 24.8 Å². The summed E-state index contributed by atoms with van der Waals surface area (Å²) >= 11 is 1.29. The van der Waals surface area contributed by atoms with Crippen LogP contribution < -0.4 is 15.8 Å². The van der Waals surface area contributed by atoms with Crippen LogP contribution in [0.15, 0.2) is 6.33 Å². The van der Waals surface area contributed by atoms with Gasteiger partial charge in [-0.05, 0) is 12.8 Å². The van der Waals surface area contributed by atoms with Gasteiger partial charge in [-0.25, -0.2) is 14.8 Å². The molecule has 0 saturated carbocycles. The Morgan fingerprint density at radius 3 is 2.95 bits per heavy atom. The first-order chi connectivity index (χ1) is 10.2. The van der Waals surface area contributed by atoms with E-state index in [-0.39, 0.29) is 12.1 Å². The quantitative estimate of drug-likeness (QED) is 0.859. The molecule has 0 aliphatic carbocycles. The summed E-state index contributed by atoms with van der Waals surface area (Å²) in [7, 11) is 1.52. The number of likely N-dealkylation sites (tertiary alicyclic amines) is 1. The molecule has 1 saturated heterocycles. The van der Waals surface area contributed by atoms with E-state index in [9.17, 15) is 4.79 Å². The first-order valence-electron chi connectivity index (χ1n) is 6.64. The van der Waals surface area contributed by atoms with Crippen molar-refractivity contribution in [3.8, 4) is 5.88 Å². The molecular formula is C12H16N6O2S. The predicted octanol–water partition coefficient (Wildman–Crippen LogP) is 1.05. The molecule has 2 aromatic rings. The van der Waals surface area contributed by atoms with E-state index in [1.54, 1.807) is 4.90 Å². The summed E-state index contributed by atoms with van der Waals surface area (Å²) in [5.41, 5.74) is 6.39. The fourth-order valence-corrected chi connectivity index (χ4v) is 3.00. The maximum Gasteiger partial charge on any atom is 0.323 e. The number of carbonyl (C=O) groups excluding carboxylic acids is 1. The van der Waals surface area contributed by atoms with Gasteiger partial charge < -0.3 is 15.4 Å². The Bertz CT molecular complexity index is 652. The van der Waals surface area contributed by atoms with E-state index in [4.69, 9.17) is 10.5 Å². The van der Waals surface area contributed by atoms with Gasteiger partial charge in [0.2, 0.25) is 5.88 Å². The summed E-state index contributed by atoms with van der Waals surface area (Å²) in [5, 5.41) is 3.29. The van der Waals surface area contributed by atoms with E-state index >= 15 is 0 Å². The number of carbonyl (C=O) groups is 1. The smallest absolute Gasteiger partial charge is 0.323 e. The van der Waals surface area contributed by atoms with Crippen LogP contribution in [0.3, 0.4) is 0 Å². The van der Waals surface area contributed by atoms with Crippen molar-refractivity contribution in [2.24, 2.45) is 5.73 Å². The van der Waals surface area contributed by atoms with Gasteiger partial charge in [-0.2, -0.15) is 4.98 Å². The minimum Gasteiger partial charge on any atom is -0.479 e. The van der Waals surface area contributed by atoms with Crippen molar-refractivity contribution in [2.45, 2.75) is 18.9 Å². The van der Waals surface area contributed by atoms with Crippen molar-refractivity contribution in [3.63, 3.8) is 0 Å². The van der Waals surface area contributed by atoms with Crippen molar-refractivity contribution in [1.82, 2.24) is 19.9 Å². The minimum atomic E-state index is -0.159. The van der Waals surface area contributed by atoms with E-state index in [0.717, 1.165) is 12.8 Å². The number of amides is 2. The number of nitrogens with one attached hydrogen (secondary N) is 1. The molecule has 9 heteroatoms. The van der Waals surface area contributed by atoms with Crippen molar-refractivity contribution in [3.05, 3.63) is 6.33 Å². The summed E-state index contributed by atoms with van der Waals surface area (Å²) in [5.74, 6) is 0.403. The first kappa shape index (κ1) is 14.0. The Kier molecular flexibility index (Phi) is 3.84. The standard InChI is InChI=1S/C12H16N6O2S/c1-20-9-8-10(15-6-14-9)21-11(16-8)17-12(19)18-4-2-7(13)3-5-18/h6-7H,2-5,13H2,1H3,(H,16,17,19). The number of aromatic nitrogens is 3. The van der Waals surface area contributed by atoms with Crippen LogP contribution in [0.1, 0.15) is 12.8 Å². The molecule has 112 valence electrons. The van der Waals surface area contributed by atoms with Gasteiger partial charge in [0.1, 0.15) is 6.33 Å². The lowest BCUT2D eigenvalue weighted by atomic mass is 10.1. The van der Waals surface area contributed by atoms with Gasteiger partial charge in [0.15, 0.2) is 15.5 Å². The molecule has 0 unspecified atom stereocenters. The molecule has 8 nitrogen and oxygen atoms in total. The summed E-state index contributed by atoms with van der Waals surface area (Å²) in [6, 6.07) is 0.0314. The fraction of sp³-hybridized carbons (Fsp3) is 0.500. The summed E-state index contributed by atoms with van der Waals surface area (Å²) in [6.45, 7) is 1.34. The number of anilines is 1. The fourth-order valence-electron chi connectivity index (χ4n) is 2.21. The Balaban J connectivity index is 1.74. The van der Waals surface area contributed by atoms with Crippen LogP contribution in [-0.4, -0.2) is 52.1 Å². The monoisotopic (exact) mass is 308 g/mol. The molecule has 1 fully saturated rings. The minimum absolute atomic E-state index is 0.159. The molecule has 3 rings (SSSR count). The molecule has 21 heavy (non-hydrogen) atoms. The maximum atomic E-state index is 12.2. The molecule has 2 amide bonds. The number of rotatable bonds is 2. The average Bonchev–Trinajstić information content (AvgIpc) is 2.90. The Hall–Kier alpha value is -2.00. The Morgan fingerprint density at radius 1 is 1.48 bits per heavy atom. The number of nitrogens with two attached hydrogens (primary N) is 1. The van der Waals surface area contributed by atoms with E-state index in [0.29, 0.717) is 34.4 Å². The number of hydrogen-bond donors (Lipinski definition) is 2. The number of hydrogen-bond acceptors (Lipinski definition) is 7. The molecule has 0 radical (unpaired) electrons. The Labute approximate surface area is 125 Å². The second-order valence-corrected chi connectivity index (χ2v) is 5.79. The van der Waals surface area contributed by atoms with Crippen LogP contribution in [0.5, 0.6) is 5.88 Å². The molecule has 0 aromatic carbocycles. The van der Waals surface area contributed by atoms with Gasteiger partial charge in [-0.3, -0.25) is 5.32 Å². The van der Waals surface area contributed by atoms with Crippen LogP contribution >= 0.6 is 11.3 Å². The van der Waals surface area contributed by atoms with Gasteiger partial charge in [-0.15, -0.1) is 0 Å². The molecular weight excluding hydrogens is 292 g/mol. The SMILES string of the molecule is COc1ncnc2sc(NC(=O)N3CCC(N)CC3)nc12. The van der Waals surface area contributed by atoms with Gasteiger partial charge in [0.25, 0.3) is 0 Å². The third-order valence-electron chi connectivity index (χ3n) is 3.40. The Morgan fingerprint density at radius 2 is 2.24 bits per heavy atom. The van der Waals surface area contributed by atoms with Gasteiger partial charge in [-0.1, -0.05) is 11.3 Å². The third-order valence-corrected chi connectivity index (χ3v) is 4.27. The number of nitrogens with zero attached hydrogens (tertiary/aromatic N) is 4. The molecule has 3 heterocycles. The highest BCUT2D eigenvalue weighted by Gasteiger charge is 2.21. The molecule has 1 aliphatic heterocycles. The van der Waals surface area contributed by atoms with Crippen molar-refractivity contribution in [2.75, 3.05) is 25.5 Å². The third kappa shape index (κ3) is 2.88. The van der Waals surface area contributed by atoms with Crippen molar-refractivity contribution in [1.29, 1.82) is 0 Å². The van der Waals surface area contributed by atoms with Crippen LogP contribution in [0.25, 0.3) is 10.3 Å². The number of ether oxygens (including phenoxy) is 1. The normalized spacial score (nSPS) is 16.2. The number of thiazole rings is 1. The van der Waals surface area contributed by atoms with E-state index in [1.807, 2.05) is 0 Å². The highest BCUT2D eigenvalue weighted by molar-refractivity contribution is 7.22. The second kappa shape index (κ2) is 5.78. The molecule has 0 bridgehead atoms. The number of methoxy groups -OCH3 is 1. The summed E-state index contributed by atoms with van der Waals surface area (Å²) in [4.78, 5) is 27.0. The van der Waals surface area contributed by atoms with Crippen LogP contribution in [0.2, 0.25) is 0 Å². The van der Waals surface area contributed by atoms with Crippen molar-refractivity contribution < 1.29 is 9.53 Å². The molecule has 0 atom stereocenters. The summed E-state index contributed by atoms with van der Waals surface area (Å²) < 4.78 is 5.13. The lowest BCUT2D eigenvalue weighted by Crippen LogP contribution is -2.44. The lowest BCUT2D eigenvalue weighted by molar-refractivity contribution is 0.195. The molecule has 3 N–H and O–H groups in total. The maximum absolute atomic E-state index is 12.2. The zero-order chi connectivity index (χ0) is 14.8. The zero-order valence-electron chi connectivity index (χ0n) is 11.6. The van der Waals surface area contributed by atoms with Gasteiger partial charge in [0.05, 0.1) is 7.11 Å². The lowest BCUT2D eigenvalue weighted by Gasteiger charge is -2.29. The van der Waals surface area contributed by atoms with Crippen LogP contribution in [-0.2, 0) is 0 Å². The summed E-state index contributed by atoms with van der Waals surface area (Å²) in [6.07, 6.45) is 3.07. The molecule has 2 aromatic heterocycles. The number of piperidine rings is 1.